The minimum Gasteiger partial charge on any atom is -0.482 e. The summed E-state index contributed by atoms with van der Waals surface area (Å²) >= 11 is 1.12. The summed E-state index contributed by atoms with van der Waals surface area (Å²) < 4.78 is 10.9. The molecule has 0 spiro atoms. The number of ether oxygens (including phenoxy) is 1. The first-order valence-corrected chi connectivity index (χ1v) is 6.40. The molecule has 0 amide bonds. The van der Waals surface area contributed by atoms with Crippen LogP contribution in [0.4, 0.5) is 0 Å². The van der Waals surface area contributed by atoms with E-state index in [2.05, 4.69) is 4.98 Å². The Morgan fingerprint density at radius 3 is 3.00 bits per heavy atom. The minimum absolute atomic E-state index is 0.103. The van der Waals surface area contributed by atoms with Crippen LogP contribution in [0.5, 0.6) is 5.75 Å². The van der Waals surface area contributed by atoms with Crippen molar-refractivity contribution in [2.24, 2.45) is 0 Å². The fraction of sp³-hybridized carbons (Fsp3) is 0.0769. The van der Waals surface area contributed by atoms with Crippen molar-refractivity contribution in [3.05, 3.63) is 46.5 Å². The molecule has 0 bridgehead atoms. The molecular weight excluding hydrogens is 266 g/mol. The summed E-state index contributed by atoms with van der Waals surface area (Å²) in [5.74, 6) is -0.244. The van der Waals surface area contributed by atoms with Crippen molar-refractivity contribution in [3.63, 3.8) is 0 Å². The van der Waals surface area contributed by atoms with Crippen LogP contribution in [0.15, 0.2) is 40.1 Å². The Hall–Kier alpha value is -2.34. The lowest BCUT2D eigenvalue weighted by atomic mass is 10.3. The zero-order valence-electron chi connectivity index (χ0n) is 9.70. The van der Waals surface area contributed by atoms with Crippen LogP contribution in [-0.2, 0) is 6.61 Å². The number of carboxylic acid groups (broad SMARTS) is 1. The molecule has 19 heavy (non-hydrogen) atoms. The molecule has 0 fully saturated rings. The maximum atomic E-state index is 10.9. The second-order valence-corrected chi connectivity index (χ2v) is 4.70. The maximum Gasteiger partial charge on any atom is 0.349 e. The maximum absolute atomic E-state index is 10.9. The van der Waals surface area contributed by atoms with Crippen LogP contribution in [0.2, 0.25) is 0 Å². The largest absolute Gasteiger partial charge is 0.482 e. The van der Waals surface area contributed by atoms with E-state index in [0.29, 0.717) is 17.2 Å². The van der Waals surface area contributed by atoms with E-state index in [1.54, 1.807) is 11.4 Å². The summed E-state index contributed by atoms with van der Waals surface area (Å²) in [6, 6.07) is 9.02. The van der Waals surface area contributed by atoms with Crippen molar-refractivity contribution in [3.8, 4) is 5.75 Å². The van der Waals surface area contributed by atoms with Crippen molar-refractivity contribution in [1.82, 2.24) is 4.98 Å². The molecule has 6 heteroatoms. The van der Waals surface area contributed by atoms with E-state index < -0.39 is 5.97 Å². The summed E-state index contributed by atoms with van der Waals surface area (Å²) in [4.78, 5) is 15.4. The number of hydrogen-bond acceptors (Lipinski definition) is 5. The number of hydrogen-bond donors (Lipinski definition) is 1. The third kappa shape index (κ3) is 2.30. The highest BCUT2D eigenvalue weighted by Crippen LogP contribution is 2.26. The third-order valence-corrected chi connectivity index (χ3v) is 3.40. The standard InChI is InChI=1S/C13H9NO4S/c15-13(16)12-10(5-6-19-12)17-7-11-14-8-3-1-2-4-9(8)18-11/h1-6H,7H2,(H,15,16). The first kappa shape index (κ1) is 11.7. The Morgan fingerprint density at radius 2 is 2.21 bits per heavy atom. The monoisotopic (exact) mass is 275 g/mol. The molecule has 0 radical (unpaired) electrons. The fourth-order valence-corrected chi connectivity index (χ4v) is 2.36. The highest BCUT2D eigenvalue weighted by Gasteiger charge is 2.14. The van der Waals surface area contributed by atoms with Gasteiger partial charge in [-0.2, -0.15) is 0 Å². The van der Waals surface area contributed by atoms with E-state index in [9.17, 15) is 4.79 Å². The second kappa shape index (κ2) is 4.74. The number of fused-ring (bicyclic) bond motifs is 1. The molecule has 96 valence electrons. The molecule has 0 aliphatic rings. The van der Waals surface area contributed by atoms with Crippen LogP contribution < -0.4 is 4.74 Å². The number of oxazole rings is 1. The van der Waals surface area contributed by atoms with Gasteiger partial charge in [-0.1, -0.05) is 12.1 Å². The number of para-hydroxylation sites is 2. The molecule has 2 aromatic heterocycles. The Labute approximate surface area is 112 Å². The Morgan fingerprint density at radius 1 is 1.37 bits per heavy atom. The number of rotatable bonds is 4. The Balaban J connectivity index is 1.78. The number of thiophene rings is 1. The average Bonchev–Trinajstić information content (AvgIpc) is 3.02. The predicted octanol–water partition coefficient (Wildman–Crippen LogP) is 3.17. The first-order chi connectivity index (χ1) is 9.24. The summed E-state index contributed by atoms with van der Waals surface area (Å²) in [7, 11) is 0. The van der Waals surface area contributed by atoms with E-state index in [4.69, 9.17) is 14.3 Å². The van der Waals surface area contributed by atoms with Gasteiger partial charge in [-0.05, 0) is 23.6 Å². The van der Waals surface area contributed by atoms with Gasteiger partial charge in [0, 0.05) is 0 Å². The van der Waals surface area contributed by atoms with Crippen LogP contribution in [0, 0.1) is 0 Å². The van der Waals surface area contributed by atoms with Crippen LogP contribution in [0.25, 0.3) is 11.1 Å². The molecule has 0 saturated heterocycles. The summed E-state index contributed by atoms with van der Waals surface area (Å²) in [5, 5.41) is 10.6. The van der Waals surface area contributed by atoms with Crippen molar-refractivity contribution in [2.75, 3.05) is 0 Å². The van der Waals surface area contributed by atoms with Gasteiger partial charge in [-0.25, -0.2) is 9.78 Å². The molecule has 0 aliphatic carbocycles. The Bertz CT molecular complexity index is 698. The van der Waals surface area contributed by atoms with Crippen LogP contribution >= 0.6 is 11.3 Å². The summed E-state index contributed by atoms with van der Waals surface area (Å²) in [6.07, 6.45) is 0. The van der Waals surface area contributed by atoms with Gasteiger partial charge in [0.05, 0.1) is 0 Å². The Kier molecular flexibility index (Phi) is 2.92. The lowest BCUT2D eigenvalue weighted by Gasteiger charge is -2.01. The summed E-state index contributed by atoms with van der Waals surface area (Å²) in [6.45, 7) is 0.103. The van der Waals surface area contributed by atoms with Gasteiger partial charge in [0.1, 0.15) is 11.3 Å². The van der Waals surface area contributed by atoms with Gasteiger partial charge in [0.25, 0.3) is 0 Å². The lowest BCUT2D eigenvalue weighted by molar-refractivity contribution is 0.0697. The lowest BCUT2D eigenvalue weighted by Crippen LogP contribution is -2.00. The molecule has 0 saturated carbocycles. The smallest absolute Gasteiger partial charge is 0.349 e. The quantitative estimate of drug-likeness (QED) is 0.791. The molecule has 0 unspecified atom stereocenters. The predicted molar refractivity (Wildman–Crippen MR) is 69.6 cm³/mol. The normalized spacial score (nSPS) is 10.7. The molecule has 2 heterocycles. The molecule has 0 atom stereocenters. The van der Waals surface area contributed by atoms with Gasteiger partial charge in [0.2, 0.25) is 5.89 Å². The molecule has 1 N–H and O–H groups in total. The highest BCUT2D eigenvalue weighted by atomic mass is 32.1. The van der Waals surface area contributed by atoms with Gasteiger partial charge in [0.15, 0.2) is 17.1 Å². The number of aromatic nitrogens is 1. The van der Waals surface area contributed by atoms with E-state index in [0.717, 1.165) is 16.9 Å². The SMILES string of the molecule is O=C(O)c1sccc1OCc1nc2ccccc2o1. The van der Waals surface area contributed by atoms with Gasteiger partial charge in [-0.15, -0.1) is 11.3 Å². The van der Waals surface area contributed by atoms with Gasteiger partial charge in [-0.3, -0.25) is 0 Å². The van der Waals surface area contributed by atoms with Gasteiger partial charge < -0.3 is 14.3 Å². The van der Waals surface area contributed by atoms with Gasteiger partial charge >= 0.3 is 5.97 Å². The van der Waals surface area contributed by atoms with Crippen molar-refractivity contribution < 1.29 is 19.1 Å². The number of benzene rings is 1. The van der Waals surface area contributed by atoms with Crippen LogP contribution in [0.3, 0.4) is 0 Å². The fourth-order valence-electron chi connectivity index (χ4n) is 1.69. The average molecular weight is 275 g/mol. The van der Waals surface area contributed by atoms with E-state index >= 15 is 0 Å². The van der Waals surface area contributed by atoms with E-state index in [1.807, 2.05) is 24.3 Å². The van der Waals surface area contributed by atoms with Crippen LogP contribution in [-0.4, -0.2) is 16.1 Å². The second-order valence-electron chi connectivity index (χ2n) is 3.78. The number of nitrogens with zero attached hydrogens (tertiary/aromatic N) is 1. The van der Waals surface area contributed by atoms with Crippen LogP contribution in [0.1, 0.15) is 15.6 Å². The number of carboxylic acids is 1. The topological polar surface area (TPSA) is 72.6 Å². The molecule has 5 nitrogen and oxygen atoms in total. The minimum atomic E-state index is -0.998. The van der Waals surface area contributed by atoms with E-state index in [-0.39, 0.29) is 11.5 Å². The third-order valence-electron chi connectivity index (χ3n) is 2.51. The molecular formula is C13H9NO4S. The molecule has 0 aliphatic heterocycles. The first-order valence-electron chi connectivity index (χ1n) is 5.52. The number of carbonyl (C=O) groups is 1. The van der Waals surface area contributed by atoms with Crippen molar-refractivity contribution >= 4 is 28.4 Å². The molecule has 1 aromatic carbocycles. The van der Waals surface area contributed by atoms with Crippen molar-refractivity contribution in [2.45, 2.75) is 6.61 Å². The zero-order valence-corrected chi connectivity index (χ0v) is 10.5. The molecule has 3 rings (SSSR count). The zero-order chi connectivity index (χ0) is 13.2. The molecule has 3 aromatic rings. The van der Waals surface area contributed by atoms with E-state index in [1.165, 1.54) is 0 Å². The van der Waals surface area contributed by atoms with Crippen molar-refractivity contribution in [1.29, 1.82) is 0 Å². The highest BCUT2D eigenvalue weighted by molar-refractivity contribution is 7.12. The number of aromatic carboxylic acids is 1. The summed E-state index contributed by atoms with van der Waals surface area (Å²) in [5.41, 5.74) is 1.44.